The fraction of sp³-hybridized carbons (Fsp3) is 0.636. The van der Waals surface area contributed by atoms with Crippen LogP contribution in [0.4, 0.5) is 5.82 Å². The molecule has 1 saturated carbocycles. The van der Waals surface area contributed by atoms with Crippen LogP contribution in [-0.2, 0) is 0 Å². The maximum absolute atomic E-state index is 9.89. The monoisotopic (exact) mass is 248 g/mol. The van der Waals surface area contributed by atoms with Gasteiger partial charge in [0.2, 0.25) is 0 Å². The molecule has 1 aliphatic rings. The van der Waals surface area contributed by atoms with Gasteiger partial charge in [0, 0.05) is 12.5 Å². The van der Waals surface area contributed by atoms with E-state index in [-0.39, 0.29) is 6.10 Å². The number of aliphatic hydroxyl groups excluding tert-OH is 1. The number of hydrogen-bond acceptors (Lipinski definition) is 6. The maximum Gasteiger partial charge on any atom is 0.200 e. The number of aromatic nitrogens is 5. The molecule has 0 spiro atoms. The van der Waals surface area contributed by atoms with Gasteiger partial charge in [-0.3, -0.25) is 0 Å². The minimum absolute atomic E-state index is 0.192. The number of aliphatic hydroxyl groups is 1. The Hall–Kier alpha value is -1.76. The first-order valence-corrected chi connectivity index (χ1v) is 6.30. The van der Waals surface area contributed by atoms with Gasteiger partial charge < -0.3 is 10.4 Å². The molecule has 96 valence electrons. The number of anilines is 1. The molecule has 2 heterocycles. The average Bonchev–Trinajstić information content (AvgIpc) is 2.85. The van der Waals surface area contributed by atoms with Crippen molar-refractivity contribution in [2.45, 2.75) is 31.8 Å². The molecule has 0 bridgehead atoms. The fourth-order valence-electron chi connectivity index (χ4n) is 2.41. The van der Waals surface area contributed by atoms with E-state index in [0.717, 1.165) is 31.6 Å². The summed E-state index contributed by atoms with van der Waals surface area (Å²) in [5.41, 5.74) is 0.623. The molecule has 0 amide bonds. The molecule has 1 fully saturated rings. The highest BCUT2D eigenvalue weighted by Crippen LogP contribution is 2.24. The molecule has 3 rings (SSSR count). The van der Waals surface area contributed by atoms with Crippen LogP contribution in [-0.4, -0.2) is 43.0 Å². The molecular weight excluding hydrogens is 232 g/mol. The van der Waals surface area contributed by atoms with E-state index in [1.54, 1.807) is 0 Å². The van der Waals surface area contributed by atoms with E-state index in [1.807, 2.05) is 12.1 Å². The van der Waals surface area contributed by atoms with E-state index in [1.165, 1.54) is 11.1 Å². The second-order valence-electron chi connectivity index (χ2n) is 4.74. The van der Waals surface area contributed by atoms with Gasteiger partial charge in [0.25, 0.3) is 0 Å². The van der Waals surface area contributed by atoms with Crippen LogP contribution in [0.15, 0.2) is 12.1 Å². The maximum atomic E-state index is 9.89. The third-order valence-electron chi connectivity index (χ3n) is 3.48. The second-order valence-corrected chi connectivity index (χ2v) is 4.74. The highest BCUT2D eigenvalue weighted by atomic mass is 16.3. The van der Waals surface area contributed by atoms with Crippen LogP contribution in [0.1, 0.15) is 25.7 Å². The van der Waals surface area contributed by atoms with Crippen LogP contribution >= 0.6 is 0 Å². The van der Waals surface area contributed by atoms with Crippen LogP contribution in [0.5, 0.6) is 0 Å². The van der Waals surface area contributed by atoms with Crippen molar-refractivity contribution in [3.05, 3.63) is 12.1 Å². The minimum atomic E-state index is -0.192. The molecule has 2 N–H and O–H groups in total. The Morgan fingerprint density at radius 3 is 3.11 bits per heavy atom. The van der Waals surface area contributed by atoms with Gasteiger partial charge in [-0.2, -0.15) is 0 Å². The zero-order chi connectivity index (χ0) is 12.4. The van der Waals surface area contributed by atoms with Crippen molar-refractivity contribution in [2.75, 3.05) is 11.9 Å². The lowest BCUT2D eigenvalue weighted by Crippen LogP contribution is -2.30. The first-order valence-electron chi connectivity index (χ1n) is 6.30. The summed E-state index contributed by atoms with van der Waals surface area (Å²) >= 11 is 0. The standard InChI is InChI=1S/C11H16N6O/c18-9-4-2-1-3-8(9)7-12-10-5-6-11-13-15-16-17(11)14-10/h5-6,8-9,18H,1-4,7H2,(H,12,14). The summed E-state index contributed by atoms with van der Waals surface area (Å²) in [7, 11) is 0. The zero-order valence-electron chi connectivity index (χ0n) is 10.0. The van der Waals surface area contributed by atoms with Crippen molar-refractivity contribution in [3.8, 4) is 0 Å². The zero-order valence-corrected chi connectivity index (χ0v) is 10.0. The van der Waals surface area contributed by atoms with Crippen molar-refractivity contribution >= 4 is 11.5 Å². The third-order valence-corrected chi connectivity index (χ3v) is 3.48. The number of nitrogens with zero attached hydrogens (tertiary/aromatic N) is 5. The molecule has 0 saturated heterocycles. The van der Waals surface area contributed by atoms with E-state index in [9.17, 15) is 5.11 Å². The Balaban J connectivity index is 1.65. The van der Waals surface area contributed by atoms with Crippen LogP contribution < -0.4 is 5.32 Å². The minimum Gasteiger partial charge on any atom is -0.393 e. The first kappa shape index (κ1) is 11.3. The molecule has 18 heavy (non-hydrogen) atoms. The van der Waals surface area contributed by atoms with Gasteiger partial charge in [-0.1, -0.05) is 12.8 Å². The van der Waals surface area contributed by atoms with E-state index < -0.39 is 0 Å². The summed E-state index contributed by atoms with van der Waals surface area (Å²) < 4.78 is 1.39. The Kier molecular flexibility index (Phi) is 3.06. The highest BCUT2D eigenvalue weighted by molar-refractivity contribution is 5.42. The molecule has 2 aromatic rings. The third kappa shape index (κ3) is 2.26. The quantitative estimate of drug-likeness (QED) is 0.821. The molecule has 2 unspecified atom stereocenters. The molecule has 7 heteroatoms. The van der Waals surface area contributed by atoms with Gasteiger partial charge in [0.15, 0.2) is 5.65 Å². The fourth-order valence-corrected chi connectivity index (χ4v) is 2.41. The topological polar surface area (TPSA) is 88.2 Å². The highest BCUT2D eigenvalue weighted by Gasteiger charge is 2.22. The summed E-state index contributed by atoms with van der Waals surface area (Å²) in [6.45, 7) is 0.738. The molecule has 2 aromatic heterocycles. The van der Waals surface area contributed by atoms with Crippen molar-refractivity contribution < 1.29 is 5.11 Å². The van der Waals surface area contributed by atoms with Gasteiger partial charge >= 0.3 is 0 Å². The summed E-state index contributed by atoms with van der Waals surface area (Å²) in [4.78, 5) is 0. The summed E-state index contributed by atoms with van der Waals surface area (Å²) in [6, 6.07) is 3.66. The molecule has 7 nitrogen and oxygen atoms in total. The van der Waals surface area contributed by atoms with Crippen molar-refractivity contribution in [1.29, 1.82) is 0 Å². The molecule has 0 radical (unpaired) electrons. The Morgan fingerprint density at radius 1 is 1.33 bits per heavy atom. The lowest BCUT2D eigenvalue weighted by atomic mass is 9.86. The number of nitrogens with one attached hydrogen (secondary N) is 1. The largest absolute Gasteiger partial charge is 0.393 e. The van der Waals surface area contributed by atoms with Crippen molar-refractivity contribution in [1.82, 2.24) is 25.3 Å². The number of hydrogen-bond donors (Lipinski definition) is 2. The molecule has 1 aliphatic carbocycles. The van der Waals surface area contributed by atoms with Gasteiger partial charge in [-0.25, -0.2) is 0 Å². The molecule has 2 atom stereocenters. The molecule has 0 aliphatic heterocycles. The first-order chi connectivity index (χ1) is 8.83. The van der Waals surface area contributed by atoms with Crippen molar-refractivity contribution in [3.63, 3.8) is 0 Å². The predicted molar refractivity (Wildman–Crippen MR) is 65.0 cm³/mol. The SMILES string of the molecule is OC1CCCCC1CNc1ccc2nnnn2n1. The number of tetrazole rings is 1. The summed E-state index contributed by atoms with van der Waals surface area (Å²) in [5.74, 6) is 1.04. The van der Waals surface area contributed by atoms with Gasteiger partial charge in [-0.15, -0.1) is 14.8 Å². The van der Waals surface area contributed by atoms with Crippen LogP contribution in [0.3, 0.4) is 0 Å². The lowest BCUT2D eigenvalue weighted by molar-refractivity contribution is 0.0763. The number of fused-ring (bicyclic) bond motifs is 1. The average molecular weight is 248 g/mol. The van der Waals surface area contributed by atoms with Gasteiger partial charge in [0.1, 0.15) is 5.82 Å². The van der Waals surface area contributed by atoms with E-state index in [0.29, 0.717) is 11.6 Å². The van der Waals surface area contributed by atoms with E-state index in [2.05, 4.69) is 25.9 Å². The Morgan fingerprint density at radius 2 is 2.22 bits per heavy atom. The number of rotatable bonds is 3. The Labute approximate surface area is 104 Å². The van der Waals surface area contributed by atoms with Crippen molar-refractivity contribution in [2.24, 2.45) is 5.92 Å². The molecule has 0 aromatic carbocycles. The van der Waals surface area contributed by atoms with Crippen LogP contribution in [0.2, 0.25) is 0 Å². The van der Waals surface area contributed by atoms with Crippen LogP contribution in [0, 0.1) is 5.92 Å². The van der Waals surface area contributed by atoms with Crippen LogP contribution in [0.25, 0.3) is 5.65 Å². The second kappa shape index (κ2) is 4.85. The molecular formula is C11H16N6O. The van der Waals surface area contributed by atoms with Gasteiger partial charge in [0.05, 0.1) is 6.10 Å². The van der Waals surface area contributed by atoms with Gasteiger partial charge in [-0.05, 0) is 35.4 Å². The Bertz CT molecular complexity index is 527. The lowest BCUT2D eigenvalue weighted by Gasteiger charge is -2.27. The normalized spacial score (nSPS) is 24.3. The smallest absolute Gasteiger partial charge is 0.200 e. The predicted octanol–water partition coefficient (Wildman–Crippen LogP) is 0.482. The van der Waals surface area contributed by atoms with E-state index in [4.69, 9.17) is 0 Å². The summed E-state index contributed by atoms with van der Waals surface area (Å²) in [6.07, 6.45) is 4.12. The summed E-state index contributed by atoms with van der Waals surface area (Å²) in [5, 5.41) is 28.4. The van der Waals surface area contributed by atoms with E-state index >= 15 is 0 Å².